The fourth-order valence-corrected chi connectivity index (χ4v) is 1.92. The molecule has 1 atom stereocenters. The summed E-state index contributed by atoms with van der Waals surface area (Å²) in [7, 11) is 0. The lowest BCUT2D eigenvalue weighted by Gasteiger charge is -2.14. The Kier molecular flexibility index (Phi) is 3.20. The van der Waals surface area contributed by atoms with Crippen molar-refractivity contribution in [1.82, 2.24) is 5.32 Å². The van der Waals surface area contributed by atoms with Crippen LogP contribution in [0.15, 0.2) is 42.5 Å². The minimum absolute atomic E-state index is 0.0575. The molecule has 0 bridgehead atoms. The minimum Gasteiger partial charge on any atom is -0.341 e. The van der Waals surface area contributed by atoms with Gasteiger partial charge in [0.25, 0.3) is 0 Å². The molecule has 81 valence electrons. The first-order chi connectivity index (χ1) is 7.85. The molecule has 2 nitrogen and oxygen atoms in total. The maximum absolute atomic E-state index is 10.4. The predicted molar refractivity (Wildman–Crippen MR) is 65.8 cm³/mol. The molecule has 0 aromatic heterocycles. The van der Waals surface area contributed by atoms with Crippen LogP contribution in [0.5, 0.6) is 0 Å². The molecule has 1 unspecified atom stereocenters. The van der Waals surface area contributed by atoms with E-state index >= 15 is 0 Å². The van der Waals surface area contributed by atoms with Gasteiger partial charge in [-0.15, -0.1) is 0 Å². The van der Waals surface area contributed by atoms with Crippen LogP contribution in [0.25, 0.3) is 10.8 Å². The van der Waals surface area contributed by atoms with Gasteiger partial charge in [0.1, 0.15) is 0 Å². The smallest absolute Gasteiger partial charge is 0.309 e. The van der Waals surface area contributed by atoms with E-state index in [1.165, 1.54) is 10.8 Å². The average molecular weight is 212 g/mol. The Bertz CT molecular complexity index is 493. The van der Waals surface area contributed by atoms with Gasteiger partial charge in [-0.3, -0.25) is 4.79 Å². The Morgan fingerprint density at radius 3 is 2.62 bits per heavy atom. The van der Waals surface area contributed by atoms with E-state index in [1.54, 1.807) is 6.41 Å². The monoisotopic (exact) mass is 212 g/mol. The Morgan fingerprint density at radius 1 is 1.19 bits per heavy atom. The molecule has 2 rings (SSSR count). The molecule has 1 N–H and O–H groups in total. The highest BCUT2D eigenvalue weighted by Gasteiger charge is 2.08. The van der Waals surface area contributed by atoms with E-state index in [2.05, 4.69) is 35.6 Å². The van der Waals surface area contributed by atoms with Gasteiger partial charge >= 0.3 is 6.41 Å². The topological polar surface area (TPSA) is 29.1 Å². The van der Waals surface area contributed by atoms with E-state index in [-0.39, 0.29) is 6.04 Å². The molecule has 0 fully saturated rings. The van der Waals surface area contributed by atoms with Crippen LogP contribution in [0.1, 0.15) is 24.9 Å². The van der Waals surface area contributed by atoms with E-state index in [1.807, 2.05) is 19.1 Å². The second kappa shape index (κ2) is 4.79. The van der Waals surface area contributed by atoms with Crippen molar-refractivity contribution >= 4 is 17.2 Å². The molecule has 1 amide bonds. The number of amides is 1. The van der Waals surface area contributed by atoms with Gasteiger partial charge in [0.2, 0.25) is 0 Å². The third-order valence-electron chi connectivity index (χ3n) is 2.82. The van der Waals surface area contributed by atoms with Crippen molar-refractivity contribution in [2.45, 2.75) is 19.4 Å². The van der Waals surface area contributed by atoms with Crippen LogP contribution in [0.3, 0.4) is 0 Å². The highest BCUT2D eigenvalue weighted by atomic mass is 16.1. The Balaban J connectivity index is 2.41. The summed E-state index contributed by atoms with van der Waals surface area (Å²) in [5.74, 6) is 0. The summed E-state index contributed by atoms with van der Waals surface area (Å²) in [4.78, 5) is 10.4. The van der Waals surface area contributed by atoms with Gasteiger partial charge in [0.05, 0.1) is 6.04 Å². The predicted octanol–water partition coefficient (Wildman–Crippen LogP) is 2.95. The number of fused-ring (bicyclic) bond motifs is 1. The van der Waals surface area contributed by atoms with Crippen molar-refractivity contribution in [3.63, 3.8) is 0 Å². The lowest BCUT2D eigenvalue weighted by Crippen LogP contribution is -2.18. The summed E-state index contributed by atoms with van der Waals surface area (Å²) < 4.78 is 0. The summed E-state index contributed by atoms with van der Waals surface area (Å²) in [6.45, 7) is 2.05. The summed E-state index contributed by atoms with van der Waals surface area (Å²) in [6.07, 6.45) is 2.63. The third-order valence-corrected chi connectivity index (χ3v) is 2.82. The zero-order chi connectivity index (χ0) is 11.4. The summed E-state index contributed by atoms with van der Waals surface area (Å²) >= 11 is 0. The SMILES string of the molecule is CCC(N[C]=O)c1ccc2ccccc2c1. The number of nitrogens with one attached hydrogen (secondary N) is 1. The molecule has 0 aliphatic heterocycles. The Hall–Kier alpha value is -1.83. The van der Waals surface area contributed by atoms with Gasteiger partial charge in [-0.2, -0.15) is 0 Å². The number of hydrogen-bond donors (Lipinski definition) is 1. The molecule has 1 radical (unpaired) electrons. The molecule has 0 aliphatic carbocycles. The largest absolute Gasteiger partial charge is 0.341 e. The fraction of sp³-hybridized carbons (Fsp3) is 0.214. The van der Waals surface area contributed by atoms with Gasteiger partial charge in [-0.25, -0.2) is 0 Å². The van der Waals surface area contributed by atoms with Crippen LogP contribution in [0, 0.1) is 0 Å². The summed E-state index contributed by atoms with van der Waals surface area (Å²) in [6, 6.07) is 14.5. The van der Waals surface area contributed by atoms with Crippen LogP contribution in [-0.4, -0.2) is 6.41 Å². The molecule has 2 heteroatoms. The van der Waals surface area contributed by atoms with Crippen LogP contribution in [0.2, 0.25) is 0 Å². The Labute approximate surface area is 95.3 Å². The second-order valence-electron chi connectivity index (χ2n) is 3.81. The standard InChI is InChI=1S/C14H14NO/c1-2-14(15-10-16)13-8-7-11-5-3-4-6-12(11)9-13/h3-9,14H,2H2,1H3,(H,15,16). The van der Waals surface area contributed by atoms with E-state index < -0.39 is 0 Å². The van der Waals surface area contributed by atoms with Gasteiger partial charge in [-0.05, 0) is 28.8 Å². The number of rotatable bonds is 4. The first-order valence-electron chi connectivity index (χ1n) is 5.46. The van der Waals surface area contributed by atoms with Crippen LogP contribution in [-0.2, 0) is 4.79 Å². The average Bonchev–Trinajstić information content (AvgIpc) is 2.35. The van der Waals surface area contributed by atoms with Crippen molar-refractivity contribution in [2.24, 2.45) is 0 Å². The lowest BCUT2D eigenvalue weighted by atomic mass is 10.0. The zero-order valence-electron chi connectivity index (χ0n) is 9.23. The lowest BCUT2D eigenvalue weighted by molar-refractivity contribution is 0.517. The first kappa shape index (κ1) is 10.7. The summed E-state index contributed by atoms with van der Waals surface area (Å²) in [5, 5.41) is 5.13. The molecule has 16 heavy (non-hydrogen) atoms. The van der Waals surface area contributed by atoms with Crippen LogP contribution >= 0.6 is 0 Å². The normalized spacial score (nSPS) is 12.3. The van der Waals surface area contributed by atoms with Crippen LogP contribution in [0.4, 0.5) is 0 Å². The first-order valence-corrected chi connectivity index (χ1v) is 5.46. The highest BCUT2D eigenvalue weighted by Crippen LogP contribution is 2.21. The number of carbonyl (C=O) groups excluding carboxylic acids is 1. The molecule has 0 saturated heterocycles. The third kappa shape index (κ3) is 2.06. The summed E-state index contributed by atoms with van der Waals surface area (Å²) in [5.41, 5.74) is 1.13. The van der Waals surface area contributed by atoms with E-state index in [0.29, 0.717) is 0 Å². The second-order valence-corrected chi connectivity index (χ2v) is 3.81. The Morgan fingerprint density at radius 2 is 1.94 bits per heavy atom. The molecule has 0 aliphatic rings. The molecule has 2 aromatic rings. The van der Waals surface area contributed by atoms with Gasteiger partial charge in [0, 0.05) is 0 Å². The molecular weight excluding hydrogens is 198 g/mol. The fourth-order valence-electron chi connectivity index (χ4n) is 1.92. The van der Waals surface area contributed by atoms with Crippen LogP contribution < -0.4 is 5.32 Å². The number of benzene rings is 2. The highest BCUT2D eigenvalue weighted by molar-refractivity contribution is 5.83. The van der Waals surface area contributed by atoms with E-state index in [9.17, 15) is 4.79 Å². The molecule has 2 aromatic carbocycles. The zero-order valence-corrected chi connectivity index (χ0v) is 9.23. The quantitative estimate of drug-likeness (QED) is 0.776. The molecule has 0 saturated carbocycles. The van der Waals surface area contributed by atoms with E-state index in [4.69, 9.17) is 0 Å². The van der Waals surface area contributed by atoms with Crippen molar-refractivity contribution < 1.29 is 4.79 Å². The van der Waals surface area contributed by atoms with Crippen molar-refractivity contribution in [1.29, 1.82) is 0 Å². The van der Waals surface area contributed by atoms with Crippen molar-refractivity contribution in [2.75, 3.05) is 0 Å². The van der Waals surface area contributed by atoms with Gasteiger partial charge in [0.15, 0.2) is 0 Å². The molecule has 0 heterocycles. The van der Waals surface area contributed by atoms with Crippen molar-refractivity contribution in [3.8, 4) is 0 Å². The minimum atomic E-state index is 0.0575. The maximum atomic E-state index is 10.4. The van der Waals surface area contributed by atoms with Gasteiger partial charge < -0.3 is 5.32 Å². The molecular formula is C14H14NO. The van der Waals surface area contributed by atoms with E-state index in [0.717, 1.165) is 12.0 Å². The van der Waals surface area contributed by atoms with Crippen molar-refractivity contribution in [3.05, 3.63) is 48.0 Å². The maximum Gasteiger partial charge on any atom is 0.309 e. The van der Waals surface area contributed by atoms with Gasteiger partial charge in [-0.1, -0.05) is 43.3 Å². The molecule has 0 spiro atoms. The number of hydrogen-bond acceptors (Lipinski definition) is 1.